The van der Waals surface area contributed by atoms with Gasteiger partial charge in [0, 0.05) is 6.04 Å². The van der Waals surface area contributed by atoms with Crippen LogP contribution in [-0.2, 0) is 0 Å². The Morgan fingerprint density at radius 3 is 2.44 bits per heavy atom. The summed E-state index contributed by atoms with van der Waals surface area (Å²) < 4.78 is 1.23. The van der Waals surface area contributed by atoms with Crippen LogP contribution in [0.3, 0.4) is 0 Å². The summed E-state index contributed by atoms with van der Waals surface area (Å²) in [7, 11) is 0. The van der Waals surface area contributed by atoms with Gasteiger partial charge in [-0.15, -0.1) is 0 Å². The Balaban J connectivity index is 2.56. The van der Waals surface area contributed by atoms with Gasteiger partial charge in [0.05, 0.1) is 0 Å². The molecule has 0 saturated heterocycles. The van der Waals surface area contributed by atoms with Crippen LogP contribution >= 0.6 is 22.6 Å². The molecule has 18 heavy (non-hydrogen) atoms. The van der Waals surface area contributed by atoms with Gasteiger partial charge in [-0.1, -0.05) is 19.3 Å². The largest absolute Gasteiger partial charge is 0.477 e. The van der Waals surface area contributed by atoms with Gasteiger partial charge in [0.15, 0.2) is 0 Å². The number of carboxylic acids is 1. The number of H-pyrrole nitrogens is 1. The Labute approximate surface area is 116 Å². The van der Waals surface area contributed by atoms with Gasteiger partial charge in [-0.2, -0.15) is 0 Å². The Kier molecular flexibility index (Phi) is 3.88. The number of hydrogen-bond donors (Lipinski definition) is 2. The predicted octanol–water partition coefficient (Wildman–Crippen LogP) is 1.34. The van der Waals surface area contributed by atoms with Crippen LogP contribution in [0.15, 0.2) is 9.59 Å². The lowest BCUT2D eigenvalue weighted by atomic mass is 9.95. The van der Waals surface area contributed by atoms with Crippen molar-refractivity contribution in [2.45, 2.75) is 38.1 Å². The summed E-state index contributed by atoms with van der Waals surface area (Å²) in [4.78, 5) is 37.1. The topological polar surface area (TPSA) is 92.2 Å². The van der Waals surface area contributed by atoms with Crippen LogP contribution in [0.1, 0.15) is 48.6 Å². The zero-order valence-electron chi connectivity index (χ0n) is 9.61. The maximum atomic E-state index is 12.1. The number of aromatic nitrogens is 2. The van der Waals surface area contributed by atoms with Gasteiger partial charge >= 0.3 is 11.7 Å². The molecule has 1 aliphatic carbocycles. The lowest BCUT2D eigenvalue weighted by molar-refractivity contribution is 0.0687. The predicted molar refractivity (Wildman–Crippen MR) is 73.1 cm³/mol. The molecule has 1 fully saturated rings. The molecule has 0 spiro atoms. The molecule has 1 aliphatic rings. The van der Waals surface area contributed by atoms with E-state index in [1.807, 2.05) is 0 Å². The van der Waals surface area contributed by atoms with Crippen LogP contribution in [0, 0.1) is 3.57 Å². The first-order valence-corrected chi connectivity index (χ1v) is 6.88. The zero-order chi connectivity index (χ0) is 13.3. The van der Waals surface area contributed by atoms with E-state index in [1.165, 1.54) is 4.57 Å². The third-order valence-corrected chi connectivity index (χ3v) is 4.23. The van der Waals surface area contributed by atoms with Crippen molar-refractivity contribution in [1.82, 2.24) is 9.55 Å². The standard InChI is InChI=1S/C11H13IN2O4/c12-7-8(10(16)17)13-11(18)14(9(7)15)6-4-2-1-3-5-6/h6H,1-5H2,(H,13,18)(H,16,17). The van der Waals surface area contributed by atoms with Crippen molar-refractivity contribution in [3.63, 3.8) is 0 Å². The molecule has 7 heteroatoms. The SMILES string of the molecule is O=C(O)c1[nH]c(=O)n(C2CCCCC2)c(=O)c1I. The number of carboxylic acid groups (broad SMARTS) is 1. The maximum absolute atomic E-state index is 12.1. The Hall–Kier alpha value is -1.12. The Bertz CT molecular complexity index is 584. The summed E-state index contributed by atoms with van der Waals surface area (Å²) in [5.41, 5.74) is -1.44. The van der Waals surface area contributed by atoms with Crippen LogP contribution in [0.25, 0.3) is 0 Å². The summed E-state index contributed by atoms with van der Waals surface area (Å²) in [5, 5.41) is 8.89. The van der Waals surface area contributed by atoms with Crippen LogP contribution in [0.5, 0.6) is 0 Å². The Morgan fingerprint density at radius 2 is 1.89 bits per heavy atom. The molecular formula is C11H13IN2O4. The van der Waals surface area contributed by atoms with Crippen molar-refractivity contribution >= 4 is 28.6 Å². The molecular weight excluding hydrogens is 351 g/mol. The maximum Gasteiger partial charge on any atom is 0.353 e. The third-order valence-electron chi connectivity index (χ3n) is 3.23. The number of aromatic amines is 1. The molecule has 6 nitrogen and oxygen atoms in total. The van der Waals surface area contributed by atoms with Crippen molar-refractivity contribution in [2.75, 3.05) is 0 Å². The third kappa shape index (κ3) is 2.36. The zero-order valence-corrected chi connectivity index (χ0v) is 11.8. The van der Waals surface area contributed by atoms with E-state index in [9.17, 15) is 14.4 Å². The number of aromatic carboxylic acids is 1. The molecule has 1 aromatic heterocycles. The highest BCUT2D eigenvalue weighted by atomic mass is 127. The second-order valence-corrected chi connectivity index (χ2v) is 5.47. The monoisotopic (exact) mass is 364 g/mol. The van der Waals surface area contributed by atoms with Gasteiger partial charge in [-0.05, 0) is 35.4 Å². The molecule has 0 bridgehead atoms. The van der Waals surface area contributed by atoms with E-state index in [0.717, 1.165) is 32.1 Å². The number of rotatable bonds is 2. The molecule has 0 amide bonds. The van der Waals surface area contributed by atoms with Gasteiger partial charge in [0.25, 0.3) is 5.56 Å². The summed E-state index contributed by atoms with van der Waals surface area (Å²) in [6.45, 7) is 0. The van der Waals surface area contributed by atoms with Crippen molar-refractivity contribution in [3.8, 4) is 0 Å². The van der Waals surface area contributed by atoms with Crippen LogP contribution in [0.2, 0.25) is 0 Å². The van der Waals surface area contributed by atoms with E-state index in [2.05, 4.69) is 4.98 Å². The molecule has 0 aromatic carbocycles. The smallest absolute Gasteiger partial charge is 0.353 e. The minimum absolute atomic E-state index is 0.0604. The van der Waals surface area contributed by atoms with E-state index >= 15 is 0 Å². The molecule has 2 rings (SSSR count). The fraction of sp³-hybridized carbons (Fsp3) is 0.545. The van der Waals surface area contributed by atoms with Crippen LogP contribution < -0.4 is 11.2 Å². The highest BCUT2D eigenvalue weighted by Crippen LogP contribution is 2.25. The number of nitrogens with one attached hydrogen (secondary N) is 1. The molecule has 98 valence electrons. The molecule has 2 N–H and O–H groups in total. The second-order valence-electron chi connectivity index (χ2n) is 4.39. The van der Waals surface area contributed by atoms with Crippen molar-refractivity contribution in [1.29, 1.82) is 0 Å². The summed E-state index contributed by atoms with van der Waals surface area (Å²) in [6, 6.07) is -0.105. The average Bonchev–Trinajstić information content (AvgIpc) is 2.35. The van der Waals surface area contributed by atoms with E-state index in [-0.39, 0.29) is 15.3 Å². The summed E-state index contributed by atoms with van der Waals surface area (Å²) >= 11 is 1.67. The first-order chi connectivity index (χ1) is 8.52. The normalized spacial score (nSPS) is 16.7. The first-order valence-electron chi connectivity index (χ1n) is 5.80. The second kappa shape index (κ2) is 5.25. The van der Waals surface area contributed by atoms with E-state index in [4.69, 9.17) is 5.11 Å². The quantitative estimate of drug-likeness (QED) is 0.775. The molecule has 1 aromatic rings. The minimum Gasteiger partial charge on any atom is -0.477 e. The lowest BCUT2D eigenvalue weighted by Gasteiger charge is -2.23. The number of halogens is 1. The molecule has 1 saturated carbocycles. The summed E-state index contributed by atoms with van der Waals surface area (Å²) in [5.74, 6) is -1.29. The van der Waals surface area contributed by atoms with Gasteiger partial charge < -0.3 is 10.1 Å². The van der Waals surface area contributed by atoms with Gasteiger partial charge in [0.1, 0.15) is 9.26 Å². The fourth-order valence-corrected chi connectivity index (χ4v) is 2.97. The molecule has 0 aliphatic heterocycles. The van der Waals surface area contributed by atoms with E-state index in [1.54, 1.807) is 22.6 Å². The van der Waals surface area contributed by atoms with Crippen molar-refractivity contribution in [2.24, 2.45) is 0 Å². The minimum atomic E-state index is -1.29. The summed E-state index contributed by atoms with van der Waals surface area (Å²) in [6.07, 6.45) is 4.70. The number of hydrogen-bond acceptors (Lipinski definition) is 3. The van der Waals surface area contributed by atoms with Crippen molar-refractivity contribution < 1.29 is 9.90 Å². The number of nitrogens with zero attached hydrogens (tertiary/aromatic N) is 1. The first kappa shape index (κ1) is 13.3. The van der Waals surface area contributed by atoms with Gasteiger partial charge in [-0.25, -0.2) is 9.59 Å². The molecule has 1 heterocycles. The van der Waals surface area contributed by atoms with Crippen LogP contribution in [-0.4, -0.2) is 20.6 Å². The highest BCUT2D eigenvalue weighted by molar-refractivity contribution is 14.1. The molecule has 0 radical (unpaired) electrons. The fourth-order valence-electron chi connectivity index (χ4n) is 2.35. The van der Waals surface area contributed by atoms with Crippen LogP contribution in [0.4, 0.5) is 0 Å². The van der Waals surface area contributed by atoms with Gasteiger partial charge in [-0.3, -0.25) is 9.36 Å². The van der Waals surface area contributed by atoms with Gasteiger partial charge in [0.2, 0.25) is 0 Å². The Morgan fingerprint density at radius 1 is 1.28 bits per heavy atom. The van der Waals surface area contributed by atoms with Crippen molar-refractivity contribution in [3.05, 3.63) is 30.1 Å². The van der Waals surface area contributed by atoms with E-state index < -0.39 is 17.2 Å². The molecule has 0 unspecified atom stereocenters. The van der Waals surface area contributed by atoms with E-state index in [0.29, 0.717) is 0 Å². The lowest BCUT2D eigenvalue weighted by Crippen LogP contribution is -2.41. The molecule has 0 atom stereocenters. The average molecular weight is 364 g/mol. The highest BCUT2D eigenvalue weighted by Gasteiger charge is 2.23. The number of carbonyl (C=O) groups is 1.